The number of oxime groups is 1. The summed E-state index contributed by atoms with van der Waals surface area (Å²) in [6, 6.07) is 6.30. The maximum absolute atomic E-state index is 10.8. The van der Waals surface area contributed by atoms with Crippen molar-refractivity contribution in [1.29, 1.82) is 0 Å². The molecule has 1 aromatic rings. The van der Waals surface area contributed by atoms with Crippen molar-refractivity contribution in [2.45, 2.75) is 6.92 Å². The van der Waals surface area contributed by atoms with Gasteiger partial charge in [0.25, 0.3) is 0 Å². The van der Waals surface area contributed by atoms with Gasteiger partial charge in [-0.1, -0.05) is 17.3 Å². The molecule has 3 N–H and O–H groups in total. The Labute approximate surface area is 92.3 Å². The van der Waals surface area contributed by atoms with Crippen LogP contribution in [0.5, 0.6) is 5.75 Å². The molecule has 0 aliphatic carbocycles. The highest BCUT2D eigenvalue weighted by Crippen LogP contribution is 2.14. The Morgan fingerprint density at radius 3 is 2.81 bits per heavy atom. The number of benzene rings is 1. The van der Waals surface area contributed by atoms with E-state index in [0.29, 0.717) is 0 Å². The van der Waals surface area contributed by atoms with Crippen LogP contribution in [0, 0.1) is 0 Å². The highest BCUT2D eigenvalue weighted by atomic mass is 16.8. The number of carbonyl (C=O) groups excluding carboxylic acids is 1. The summed E-state index contributed by atoms with van der Waals surface area (Å²) in [5.74, 6) is -0.151. The van der Waals surface area contributed by atoms with E-state index in [0.717, 1.165) is 0 Å². The predicted molar refractivity (Wildman–Crippen MR) is 56.9 cm³/mol. The molecule has 0 aliphatic rings. The van der Waals surface area contributed by atoms with Crippen molar-refractivity contribution in [2.75, 3.05) is 6.61 Å². The minimum atomic E-state index is -0.944. The molecule has 6 heteroatoms. The van der Waals surface area contributed by atoms with Crippen molar-refractivity contribution in [3.05, 3.63) is 29.8 Å². The first-order chi connectivity index (χ1) is 7.65. The molecular weight excluding hydrogens is 212 g/mol. The molecule has 0 fully saturated rings. The van der Waals surface area contributed by atoms with E-state index in [2.05, 4.69) is 14.7 Å². The number of phenolic OH excluding ortho intramolecular Hbond substituents is 1. The fourth-order valence-electron chi connectivity index (χ4n) is 0.970. The first-order valence-electron chi connectivity index (χ1n) is 4.60. The van der Waals surface area contributed by atoms with Gasteiger partial charge in [0.1, 0.15) is 5.75 Å². The lowest BCUT2D eigenvalue weighted by molar-refractivity contribution is 0.0612. The normalized spacial score (nSPS) is 10.9. The van der Waals surface area contributed by atoms with Crippen LogP contribution in [0.25, 0.3) is 0 Å². The smallest absolute Gasteiger partial charge is 0.507 e. The summed E-state index contributed by atoms with van der Waals surface area (Å²) in [5.41, 5.74) is 5.78. The number of rotatable bonds is 3. The van der Waals surface area contributed by atoms with Gasteiger partial charge in [-0.15, -0.1) is 0 Å². The van der Waals surface area contributed by atoms with E-state index in [1.54, 1.807) is 25.1 Å². The average Bonchev–Trinajstić information content (AvgIpc) is 2.27. The summed E-state index contributed by atoms with van der Waals surface area (Å²) >= 11 is 0. The first kappa shape index (κ1) is 11.8. The second kappa shape index (κ2) is 5.59. The van der Waals surface area contributed by atoms with E-state index in [1.807, 2.05) is 0 Å². The van der Waals surface area contributed by atoms with E-state index in [4.69, 9.17) is 5.73 Å². The minimum absolute atomic E-state index is 0.0452. The Hall–Kier alpha value is -2.24. The molecule has 0 saturated carbocycles. The monoisotopic (exact) mass is 224 g/mol. The summed E-state index contributed by atoms with van der Waals surface area (Å²) in [5, 5.41) is 12.8. The van der Waals surface area contributed by atoms with Crippen molar-refractivity contribution in [3.8, 4) is 5.75 Å². The molecule has 1 rings (SSSR count). The molecule has 16 heavy (non-hydrogen) atoms. The molecule has 86 valence electrons. The zero-order valence-corrected chi connectivity index (χ0v) is 8.71. The van der Waals surface area contributed by atoms with Gasteiger partial charge in [0.15, 0.2) is 5.84 Å². The van der Waals surface area contributed by atoms with Crippen molar-refractivity contribution in [2.24, 2.45) is 10.9 Å². The number of aromatic hydroxyl groups is 1. The number of nitrogens with zero attached hydrogens (tertiary/aromatic N) is 1. The lowest BCUT2D eigenvalue weighted by Gasteiger charge is -2.02. The minimum Gasteiger partial charge on any atom is -0.507 e. The fraction of sp³-hybridized carbons (Fsp3) is 0.200. The Balaban J connectivity index is 2.71. The van der Waals surface area contributed by atoms with Crippen LogP contribution in [0.4, 0.5) is 4.79 Å². The average molecular weight is 224 g/mol. The number of para-hydroxylation sites is 1. The molecule has 0 amide bonds. The number of amidine groups is 1. The van der Waals surface area contributed by atoms with E-state index in [-0.39, 0.29) is 23.8 Å². The van der Waals surface area contributed by atoms with Crippen LogP contribution < -0.4 is 5.73 Å². The summed E-state index contributed by atoms with van der Waals surface area (Å²) in [6.07, 6.45) is -0.944. The topological polar surface area (TPSA) is 94.1 Å². The molecule has 0 spiro atoms. The van der Waals surface area contributed by atoms with Gasteiger partial charge in [-0.05, 0) is 19.1 Å². The zero-order chi connectivity index (χ0) is 12.0. The van der Waals surface area contributed by atoms with Gasteiger partial charge < -0.3 is 15.6 Å². The van der Waals surface area contributed by atoms with Crippen LogP contribution in [0.15, 0.2) is 29.4 Å². The highest BCUT2D eigenvalue weighted by Gasteiger charge is 2.07. The van der Waals surface area contributed by atoms with Gasteiger partial charge in [0, 0.05) is 0 Å². The van der Waals surface area contributed by atoms with Crippen LogP contribution in [0.2, 0.25) is 0 Å². The second-order valence-corrected chi connectivity index (χ2v) is 2.77. The Morgan fingerprint density at radius 1 is 1.50 bits per heavy atom. The highest BCUT2D eigenvalue weighted by molar-refractivity contribution is 5.99. The number of hydrogen-bond acceptors (Lipinski definition) is 5. The molecule has 0 atom stereocenters. The predicted octanol–water partition coefficient (Wildman–Crippen LogP) is 1.19. The third-order valence-corrected chi connectivity index (χ3v) is 1.66. The molecule has 0 aromatic heterocycles. The summed E-state index contributed by atoms with van der Waals surface area (Å²) in [4.78, 5) is 15.1. The summed E-state index contributed by atoms with van der Waals surface area (Å²) < 4.78 is 4.47. The summed E-state index contributed by atoms with van der Waals surface area (Å²) in [7, 11) is 0. The molecule has 6 nitrogen and oxygen atoms in total. The van der Waals surface area contributed by atoms with Crippen LogP contribution in [-0.2, 0) is 9.57 Å². The maximum atomic E-state index is 10.8. The quantitative estimate of drug-likeness (QED) is 0.264. The van der Waals surface area contributed by atoms with Crippen molar-refractivity contribution < 1.29 is 19.5 Å². The molecule has 0 unspecified atom stereocenters. The van der Waals surface area contributed by atoms with Crippen molar-refractivity contribution in [3.63, 3.8) is 0 Å². The largest absolute Gasteiger partial charge is 0.535 e. The first-order valence-corrected chi connectivity index (χ1v) is 4.60. The molecule has 0 aliphatic heterocycles. The number of hydrogen-bond donors (Lipinski definition) is 2. The molecule has 0 heterocycles. The molecule has 1 aromatic carbocycles. The standard InChI is InChI=1S/C10H12N2O4/c1-2-15-10(14)16-12-9(11)7-5-3-4-6-8(7)13/h3-6,13H,2H2,1H3,(H2,11,12). The van der Waals surface area contributed by atoms with E-state index in [9.17, 15) is 9.90 Å². The Bertz CT molecular complexity index is 404. The number of ether oxygens (including phenoxy) is 1. The van der Waals surface area contributed by atoms with Gasteiger partial charge >= 0.3 is 6.16 Å². The molecule has 0 bridgehead atoms. The van der Waals surface area contributed by atoms with Crippen LogP contribution in [0.3, 0.4) is 0 Å². The van der Waals surface area contributed by atoms with E-state index in [1.165, 1.54) is 6.07 Å². The van der Waals surface area contributed by atoms with Crippen LogP contribution in [-0.4, -0.2) is 23.7 Å². The van der Waals surface area contributed by atoms with Crippen molar-refractivity contribution in [1.82, 2.24) is 0 Å². The van der Waals surface area contributed by atoms with Gasteiger partial charge in [0.05, 0.1) is 12.2 Å². The van der Waals surface area contributed by atoms with E-state index >= 15 is 0 Å². The number of carbonyl (C=O) groups is 1. The lowest BCUT2D eigenvalue weighted by Crippen LogP contribution is -2.15. The van der Waals surface area contributed by atoms with Gasteiger partial charge in [-0.3, -0.25) is 4.84 Å². The zero-order valence-electron chi connectivity index (χ0n) is 8.71. The Morgan fingerprint density at radius 2 is 2.19 bits per heavy atom. The third kappa shape index (κ3) is 3.16. The maximum Gasteiger partial charge on any atom is 0.535 e. The fourth-order valence-corrected chi connectivity index (χ4v) is 0.970. The number of phenols is 1. The van der Waals surface area contributed by atoms with Crippen LogP contribution in [0.1, 0.15) is 12.5 Å². The molecule has 0 radical (unpaired) electrons. The van der Waals surface area contributed by atoms with E-state index < -0.39 is 6.16 Å². The van der Waals surface area contributed by atoms with Crippen LogP contribution >= 0.6 is 0 Å². The van der Waals surface area contributed by atoms with Gasteiger partial charge in [-0.2, -0.15) is 0 Å². The lowest BCUT2D eigenvalue weighted by atomic mass is 10.2. The molecular formula is C10H12N2O4. The SMILES string of the molecule is CCOC(=O)O/N=C(\N)c1ccccc1O. The second-order valence-electron chi connectivity index (χ2n) is 2.77. The third-order valence-electron chi connectivity index (χ3n) is 1.66. The van der Waals surface area contributed by atoms with Gasteiger partial charge in [0.2, 0.25) is 0 Å². The number of nitrogens with two attached hydrogens (primary N) is 1. The molecule has 0 saturated heterocycles. The van der Waals surface area contributed by atoms with Crippen molar-refractivity contribution >= 4 is 12.0 Å². The Kier molecular flexibility index (Phi) is 4.14. The summed E-state index contributed by atoms with van der Waals surface area (Å²) in [6.45, 7) is 1.82. The van der Waals surface area contributed by atoms with Gasteiger partial charge in [-0.25, -0.2) is 4.79 Å².